The number of hydrogen-bond acceptors (Lipinski definition) is 7. The Labute approximate surface area is 205 Å². The van der Waals surface area contributed by atoms with Gasteiger partial charge in [0.2, 0.25) is 5.75 Å². The summed E-state index contributed by atoms with van der Waals surface area (Å²) in [4.78, 5) is 30.1. The van der Waals surface area contributed by atoms with Gasteiger partial charge in [-0.1, -0.05) is 60.1 Å². The van der Waals surface area contributed by atoms with Gasteiger partial charge in [0.25, 0.3) is 11.5 Å². The minimum atomic E-state index is -0.802. The van der Waals surface area contributed by atoms with E-state index in [1.54, 1.807) is 24.3 Å². The van der Waals surface area contributed by atoms with E-state index in [0.717, 1.165) is 5.56 Å². The molecule has 0 unspecified atom stereocenters. The lowest BCUT2D eigenvalue weighted by atomic mass is 9.79. The van der Waals surface area contributed by atoms with Crippen molar-refractivity contribution >= 4 is 23.2 Å². The van der Waals surface area contributed by atoms with Crippen LogP contribution in [0.15, 0.2) is 70.3 Å². The second-order valence-electron chi connectivity index (χ2n) is 7.89. The molecule has 2 aromatic carbocycles. The summed E-state index contributed by atoms with van der Waals surface area (Å²) < 4.78 is 5.89. The average Bonchev–Trinajstić information content (AvgIpc) is 3.37. The highest BCUT2D eigenvalue weighted by molar-refractivity contribution is 6.31. The van der Waals surface area contributed by atoms with Crippen LogP contribution in [0, 0.1) is 11.3 Å². The van der Waals surface area contributed by atoms with Crippen molar-refractivity contribution < 1.29 is 14.4 Å². The Balaban J connectivity index is 1.89. The summed E-state index contributed by atoms with van der Waals surface area (Å²) in [6.07, 6.45) is 2.47. The van der Waals surface area contributed by atoms with E-state index in [-0.39, 0.29) is 11.5 Å². The molecule has 2 N–H and O–H groups in total. The zero-order valence-electron chi connectivity index (χ0n) is 18.8. The average molecular weight is 490 g/mol. The fourth-order valence-corrected chi connectivity index (χ4v) is 4.34. The van der Waals surface area contributed by atoms with E-state index in [1.165, 1.54) is 24.1 Å². The van der Waals surface area contributed by atoms with Crippen LogP contribution >= 0.6 is 11.6 Å². The highest BCUT2D eigenvalue weighted by Gasteiger charge is 2.31. The van der Waals surface area contributed by atoms with Crippen LogP contribution in [0.4, 0.5) is 5.69 Å². The number of nitriles is 1. The molecule has 176 valence electrons. The van der Waals surface area contributed by atoms with Gasteiger partial charge in [-0.25, -0.2) is 4.98 Å². The molecule has 2 heterocycles. The van der Waals surface area contributed by atoms with Crippen molar-refractivity contribution in [1.82, 2.24) is 14.7 Å². The first-order valence-electron chi connectivity index (χ1n) is 10.6. The molecule has 0 aliphatic rings. The number of amides is 1. The van der Waals surface area contributed by atoms with Gasteiger partial charge in [0.1, 0.15) is 17.8 Å². The maximum absolute atomic E-state index is 12.9. The minimum absolute atomic E-state index is 0.223. The van der Waals surface area contributed by atoms with Gasteiger partial charge in [0, 0.05) is 23.9 Å². The van der Waals surface area contributed by atoms with Crippen LogP contribution in [0.25, 0.3) is 0 Å². The number of aromatic nitrogens is 3. The lowest BCUT2D eigenvalue weighted by Gasteiger charge is -2.28. The zero-order chi connectivity index (χ0) is 25.1. The molecule has 0 radical (unpaired) electrons. The van der Waals surface area contributed by atoms with E-state index in [0.29, 0.717) is 16.1 Å². The number of halogens is 1. The van der Waals surface area contributed by atoms with E-state index in [4.69, 9.17) is 16.1 Å². The number of carbonyl (C=O) groups excluding carboxylic acids is 1. The number of nitrogens with one attached hydrogen (secondary N) is 1. The van der Waals surface area contributed by atoms with Gasteiger partial charge in [-0.15, -0.1) is 0 Å². The van der Waals surface area contributed by atoms with Crippen molar-refractivity contribution in [2.45, 2.75) is 18.8 Å². The summed E-state index contributed by atoms with van der Waals surface area (Å²) >= 11 is 6.56. The predicted molar refractivity (Wildman–Crippen MR) is 128 cm³/mol. The van der Waals surface area contributed by atoms with E-state index in [1.807, 2.05) is 31.2 Å². The van der Waals surface area contributed by atoms with Crippen LogP contribution in [0.2, 0.25) is 5.02 Å². The van der Waals surface area contributed by atoms with Gasteiger partial charge in [0.05, 0.1) is 17.8 Å². The van der Waals surface area contributed by atoms with Crippen molar-refractivity contribution in [2.75, 3.05) is 5.32 Å². The number of nitrogens with zero attached hydrogens (tertiary/aromatic N) is 4. The maximum Gasteiger partial charge on any atom is 0.296 e. The summed E-state index contributed by atoms with van der Waals surface area (Å²) in [7, 11) is 1.46. The molecule has 9 nitrogen and oxygen atoms in total. The minimum Gasteiger partial charge on any atom is -0.501 e. The predicted octanol–water partition coefficient (Wildman–Crippen LogP) is 4.19. The molecular formula is C25H20ClN5O4. The van der Waals surface area contributed by atoms with Gasteiger partial charge in [-0.3, -0.25) is 14.2 Å². The quantitative estimate of drug-likeness (QED) is 0.414. The van der Waals surface area contributed by atoms with Crippen LogP contribution in [-0.2, 0) is 7.05 Å². The lowest BCUT2D eigenvalue weighted by Crippen LogP contribution is -2.29. The SMILES string of the molecule is C[C@@H](c1nc(C(=O)Nc2cnoc2)c(O)c(=O)n1C)[C@@H](c1ccccc1Cl)c1ccccc1C#N. The van der Waals surface area contributed by atoms with Crippen LogP contribution in [-0.4, -0.2) is 25.7 Å². The summed E-state index contributed by atoms with van der Waals surface area (Å²) in [6.45, 7) is 1.82. The lowest BCUT2D eigenvalue weighted by molar-refractivity contribution is 0.101. The van der Waals surface area contributed by atoms with Crippen molar-refractivity contribution in [3.8, 4) is 11.8 Å². The molecule has 35 heavy (non-hydrogen) atoms. The smallest absolute Gasteiger partial charge is 0.296 e. The Bertz CT molecular complexity index is 1490. The Morgan fingerprint density at radius 1 is 1.20 bits per heavy atom. The topological polar surface area (TPSA) is 134 Å². The second kappa shape index (κ2) is 9.83. The first-order chi connectivity index (χ1) is 16.8. The molecule has 0 spiro atoms. The van der Waals surface area contributed by atoms with E-state index in [2.05, 4.69) is 21.5 Å². The number of aromatic hydroxyl groups is 1. The molecule has 0 aliphatic carbocycles. The Hall–Kier alpha value is -4.42. The van der Waals surface area contributed by atoms with Crippen LogP contribution in [0.3, 0.4) is 0 Å². The maximum atomic E-state index is 12.9. The van der Waals surface area contributed by atoms with Crippen LogP contribution < -0.4 is 10.9 Å². The number of carbonyl (C=O) groups is 1. The van der Waals surface area contributed by atoms with E-state index < -0.39 is 34.7 Å². The Morgan fingerprint density at radius 3 is 2.54 bits per heavy atom. The Morgan fingerprint density at radius 2 is 1.89 bits per heavy atom. The van der Waals surface area contributed by atoms with Crippen molar-refractivity contribution in [3.63, 3.8) is 0 Å². The van der Waals surface area contributed by atoms with Gasteiger partial charge in [0.15, 0.2) is 5.69 Å². The number of rotatable bonds is 6. The molecular weight excluding hydrogens is 470 g/mol. The molecule has 2 aromatic heterocycles. The molecule has 1 amide bonds. The summed E-state index contributed by atoms with van der Waals surface area (Å²) in [5.74, 6) is -2.39. The van der Waals surface area contributed by atoms with Gasteiger partial charge >= 0.3 is 0 Å². The third-order valence-corrected chi connectivity index (χ3v) is 6.11. The number of benzene rings is 2. The molecule has 0 saturated carbocycles. The zero-order valence-corrected chi connectivity index (χ0v) is 19.5. The van der Waals surface area contributed by atoms with E-state index in [9.17, 15) is 20.0 Å². The molecule has 0 bridgehead atoms. The van der Waals surface area contributed by atoms with E-state index >= 15 is 0 Å². The third kappa shape index (κ3) is 4.52. The standard InChI is InChI=1S/C25H20ClN5O4/c1-14(20(18-9-5-6-10-19(18)26)17-8-4-3-7-15(17)11-27)23-30-21(22(32)25(34)31(23)2)24(33)29-16-12-28-35-13-16/h3-10,12-14,20,32H,1-2H3,(H,29,33)/t14-,20-/m1/s1. The molecule has 10 heteroatoms. The molecule has 0 aliphatic heterocycles. The van der Waals surface area contributed by atoms with Crippen LogP contribution in [0.1, 0.15) is 51.8 Å². The second-order valence-corrected chi connectivity index (χ2v) is 8.29. The fourth-order valence-electron chi connectivity index (χ4n) is 4.08. The molecule has 0 fully saturated rings. The summed E-state index contributed by atoms with van der Waals surface area (Å²) in [6, 6.07) is 16.5. The van der Waals surface area contributed by atoms with Crippen molar-refractivity contribution in [1.29, 1.82) is 5.26 Å². The highest BCUT2D eigenvalue weighted by Crippen LogP contribution is 2.41. The number of anilines is 1. The molecule has 2 atom stereocenters. The summed E-state index contributed by atoms with van der Waals surface area (Å²) in [5.41, 5.74) is 0.865. The Kier molecular flexibility index (Phi) is 6.66. The van der Waals surface area contributed by atoms with Gasteiger partial charge in [-0.05, 0) is 23.3 Å². The summed E-state index contributed by atoms with van der Waals surface area (Å²) in [5, 5.41) is 26.6. The first kappa shape index (κ1) is 23.7. The van der Waals surface area contributed by atoms with Gasteiger partial charge in [-0.2, -0.15) is 5.26 Å². The molecule has 4 rings (SSSR count). The monoisotopic (exact) mass is 489 g/mol. The number of hydrogen-bond donors (Lipinski definition) is 2. The van der Waals surface area contributed by atoms with Crippen molar-refractivity contribution in [3.05, 3.63) is 105 Å². The highest BCUT2D eigenvalue weighted by atomic mass is 35.5. The van der Waals surface area contributed by atoms with Gasteiger partial charge < -0.3 is 14.9 Å². The molecule has 0 saturated heterocycles. The molecule has 4 aromatic rings. The first-order valence-corrected chi connectivity index (χ1v) is 10.9. The fraction of sp³-hybridized carbons (Fsp3) is 0.160. The normalized spacial score (nSPS) is 12.5. The third-order valence-electron chi connectivity index (χ3n) is 5.77. The largest absolute Gasteiger partial charge is 0.501 e. The van der Waals surface area contributed by atoms with Crippen molar-refractivity contribution in [2.24, 2.45) is 7.05 Å². The van der Waals surface area contributed by atoms with Crippen LogP contribution in [0.5, 0.6) is 5.75 Å².